The Labute approximate surface area is 131 Å². The molecule has 0 saturated heterocycles. The van der Waals surface area contributed by atoms with Gasteiger partial charge in [-0.2, -0.15) is 0 Å². The lowest BCUT2D eigenvalue weighted by Gasteiger charge is -2.13. The van der Waals surface area contributed by atoms with Gasteiger partial charge in [-0.3, -0.25) is 4.98 Å². The summed E-state index contributed by atoms with van der Waals surface area (Å²) >= 11 is 3.54. The van der Waals surface area contributed by atoms with Gasteiger partial charge in [0.2, 0.25) is 0 Å². The molecule has 3 nitrogen and oxygen atoms in total. The standard InChI is InChI=1S/C17H15BrN2O/c18-15-7-3-1-5-12(15)11-21-17-13(9-19)10-20-16-8-4-2-6-14(16)17/h1-8,10H,9,11,19H2. The van der Waals surface area contributed by atoms with Crippen molar-refractivity contribution in [3.8, 4) is 5.75 Å². The van der Waals surface area contributed by atoms with Crippen molar-refractivity contribution in [3.05, 3.63) is 70.3 Å². The average Bonchev–Trinajstić information content (AvgIpc) is 2.53. The predicted octanol–water partition coefficient (Wildman–Crippen LogP) is 4.04. The minimum absolute atomic E-state index is 0.406. The minimum Gasteiger partial charge on any atom is -0.488 e. The number of hydrogen-bond donors (Lipinski definition) is 1. The molecule has 0 fully saturated rings. The molecule has 0 spiro atoms. The first-order chi connectivity index (χ1) is 10.3. The van der Waals surface area contributed by atoms with Crippen LogP contribution in [0.25, 0.3) is 10.9 Å². The Kier molecular flexibility index (Phi) is 4.18. The molecular weight excluding hydrogens is 328 g/mol. The first kappa shape index (κ1) is 14.0. The average molecular weight is 343 g/mol. The van der Waals surface area contributed by atoms with Crippen molar-refractivity contribution in [1.82, 2.24) is 4.98 Å². The molecular formula is C17H15BrN2O. The third kappa shape index (κ3) is 2.91. The topological polar surface area (TPSA) is 48.1 Å². The van der Waals surface area contributed by atoms with Crippen molar-refractivity contribution in [2.24, 2.45) is 5.73 Å². The molecule has 1 aromatic heterocycles. The maximum absolute atomic E-state index is 6.06. The van der Waals surface area contributed by atoms with Gasteiger partial charge in [-0.05, 0) is 18.2 Å². The molecule has 0 amide bonds. The van der Waals surface area contributed by atoms with Gasteiger partial charge in [0, 0.05) is 33.7 Å². The molecule has 2 aromatic carbocycles. The maximum atomic E-state index is 6.06. The predicted molar refractivity (Wildman–Crippen MR) is 88.1 cm³/mol. The number of nitrogens with two attached hydrogens (primary N) is 1. The highest BCUT2D eigenvalue weighted by Crippen LogP contribution is 2.29. The van der Waals surface area contributed by atoms with Crippen LogP contribution in [0.1, 0.15) is 11.1 Å². The zero-order chi connectivity index (χ0) is 14.7. The molecule has 0 bridgehead atoms. The smallest absolute Gasteiger partial charge is 0.135 e. The number of halogens is 1. The SMILES string of the molecule is NCc1cnc2ccccc2c1OCc1ccccc1Br. The molecule has 1 heterocycles. The number of rotatable bonds is 4. The van der Waals surface area contributed by atoms with E-state index >= 15 is 0 Å². The summed E-state index contributed by atoms with van der Waals surface area (Å²) in [4.78, 5) is 4.42. The molecule has 106 valence electrons. The fraction of sp³-hybridized carbons (Fsp3) is 0.118. The van der Waals surface area contributed by atoms with Crippen molar-refractivity contribution < 1.29 is 4.74 Å². The summed E-state index contributed by atoms with van der Waals surface area (Å²) in [6, 6.07) is 16.0. The van der Waals surface area contributed by atoms with Crippen molar-refractivity contribution in [2.75, 3.05) is 0 Å². The van der Waals surface area contributed by atoms with E-state index in [1.54, 1.807) is 6.20 Å². The molecule has 0 aliphatic rings. The van der Waals surface area contributed by atoms with Gasteiger partial charge < -0.3 is 10.5 Å². The van der Waals surface area contributed by atoms with E-state index in [0.717, 1.165) is 32.3 Å². The van der Waals surface area contributed by atoms with Gasteiger partial charge in [0.1, 0.15) is 12.4 Å². The van der Waals surface area contributed by atoms with Gasteiger partial charge >= 0.3 is 0 Å². The summed E-state index contributed by atoms with van der Waals surface area (Å²) < 4.78 is 7.10. The quantitative estimate of drug-likeness (QED) is 0.778. The second-order valence-electron chi connectivity index (χ2n) is 4.71. The third-order valence-electron chi connectivity index (χ3n) is 3.35. The zero-order valence-corrected chi connectivity index (χ0v) is 13.0. The highest BCUT2D eigenvalue weighted by atomic mass is 79.9. The Bertz CT molecular complexity index is 774. The summed E-state index contributed by atoms with van der Waals surface area (Å²) in [5.74, 6) is 0.818. The third-order valence-corrected chi connectivity index (χ3v) is 4.12. The number of pyridine rings is 1. The fourth-order valence-corrected chi connectivity index (χ4v) is 2.64. The fourth-order valence-electron chi connectivity index (χ4n) is 2.24. The molecule has 0 saturated carbocycles. The number of fused-ring (bicyclic) bond motifs is 1. The number of benzene rings is 2. The Hall–Kier alpha value is -1.91. The van der Waals surface area contributed by atoms with Crippen LogP contribution in [-0.4, -0.2) is 4.98 Å². The zero-order valence-electron chi connectivity index (χ0n) is 11.4. The first-order valence-corrected chi connectivity index (χ1v) is 7.52. The minimum atomic E-state index is 0.406. The number of nitrogens with zero attached hydrogens (tertiary/aromatic N) is 1. The molecule has 0 radical (unpaired) electrons. The molecule has 3 rings (SSSR count). The Balaban J connectivity index is 1.97. The summed E-state index contributed by atoms with van der Waals surface area (Å²) in [6.07, 6.45) is 1.79. The molecule has 0 atom stereocenters. The van der Waals surface area contributed by atoms with Crippen LogP contribution in [0.5, 0.6) is 5.75 Å². The summed E-state index contributed by atoms with van der Waals surface area (Å²) in [5.41, 5.74) is 8.74. The van der Waals surface area contributed by atoms with Crippen LogP contribution >= 0.6 is 15.9 Å². The second kappa shape index (κ2) is 6.24. The van der Waals surface area contributed by atoms with Crippen molar-refractivity contribution in [1.29, 1.82) is 0 Å². The molecule has 21 heavy (non-hydrogen) atoms. The van der Waals surface area contributed by atoms with Gasteiger partial charge in [0.15, 0.2) is 0 Å². The van der Waals surface area contributed by atoms with Crippen LogP contribution in [0, 0.1) is 0 Å². The van der Waals surface area contributed by atoms with E-state index in [-0.39, 0.29) is 0 Å². The number of ether oxygens (including phenoxy) is 1. The normalized spacial score (nSPS) is 10.8. The molecule has 3 aromatic rings. The lowest BCUT2D eigenvalue weighted by Crippen LogP contribution is -2.04. The van der Waals surface area contributed by atoms with Crippen molar-refractivity contribution in [2.45, 2.75) is 13.2 Å². The summed E-state index contributed by atoms with van der Waals surface area (Å²) in [5, 5.41) is 0.993. The second-order valence-corrected chi connectivity index (χ2v) is 5.57. The van der Waals surface area contributed by atoms with Crippen molar-refractivity contribution in [3.63, 3.8) is 0 Å². The first-order valence-electron chi connectivity index (χ1n) is 6.72. The van der Waals surface area contributed by atoms with E-state index < -0.39 is 0 Å². The van der Waals surface area contributed by atoms with E-state index in [4.69, 9.17) is 10.5 Å². The van der Waals surface area contributed by atoms with Gasteiger partial charge in [0.25, 0.3) is 0 Å². The van der Waals surface area contributed by atoms with Gasteiger partial charge in [-0.1, -0.05) is 46.3 Å². The van der Waals surface area contributed by atoms with Crippen LogP contribution in [0.15, 0.2) is 59.2 Å². The highest BCUT2D eigenvalue weighted by molar-refractivity contribution is 9.10. The van der Waals surface area contributed by atoms with Gasteiger partial charge in [-0.25, -0.2) is 0 Å². The molecule has 0 aliphatic heterocycles. The Morgan fingerprint density at radius 1 is 1.00 bits per heavy atom. The summed E-state index contributed by atoms with van der Waals surface area (Å²) in [6.45, 7) is 0.894. The lowest BCUT2D eigenvalue weighted by molar-refractivity contribution is 0.306. The number of aromatic nitrogens is 1. The van der Waals surface area contributed by atoms with Crippen LogP contribution in [0.4, 0.5) is 0 Å². The lowest BCUT2D eigenvalue weighted by atomic mass is 10.1. The van der Waals surface area contributed by atoms with Crippen LogP contribution < -0.4 is 10.5 Å². The maximum Gasteiger partial charge on any atom is 0.135 e. The highest BCUT2D eigenvalue weighted by Gasteiger charge is 2.10. The number of para-hydroxylation sites is 1. The Morgan fingerprint density at radius 3 is 2.57 bits per heavy atom. The van der Waals surface area contributed by atoms with E-state index in [1.807, 2.05) is 48.5 Å². The van der Waals surface area contributed by atoms with Crippen LogP contribution in [-0.2, 0) is 13.2 Å². The molecule has 0 aliphatic carbocycles. The van der Waals surface area contributed by atoms with E-state index in [1.165, 1.54) is 0 Å². The van der Waals surface area contributed by atoms with Gasteiger partial charge in [-0.15, -0.1) is 0 Å². The van der Waals surface area contributed by atoms with Crippen LogP contribution in [0.3, 0.4) is 0 Å². The molecule has 4 heteroatoms. The number of hydrogen-bond acceptors (Lipinski definition) is 3. The van der Waals surface area contributed by atoms with E-state index in [0.29, 0.717) is 13.2 Å². The van der Waals surface area contributed by atoms with Gasteiger partial charge in [0.05, 0.1) is 5.52 Å². The summed E-state index contributed by atoms with van der Waals surface area (Å²) in [7, 11) is 0. The van der Waals surface area contributed by atoms with E-state index in [2.05, 4.69) is 20.9 Å². The molecule has 2 N–H and O–H groups in total. The Morgan fingerprint density at radius 2 is 1.76 bits per heavy atom. The molecule has 0 unspecified atom stereocenters. The van der Waals surface area contributed by atoms with Crippen molar-refractivity contribution >= 4 is 26.8 Å². The van der Waals surface area contributed by atoms with Crippen LogP contribution in [0.2, 0.25) is 0 Å². The largest absolute Gasteiger partial charge is 0.488 e. The van der Waals surface area contributed by atoms with E-state index in [9.17, 15) is 0 Å². The monoisotopic (exact) mass is 342 g/mol.